The lowest BCUT2D eigenvalue weighted by atomic mass is 10.0. The summed E-state index contributed by atoms with van der Waals surface area (Å²) in [5.74, 6) is -0.390. The van der Waals surface area contributed by atoms with E-state index < -0.39 is 11.8 Å². The first-order valence-electron chi connectivity index (χ1n) is 8.69. The van der Waals surface area contributed by atoms with E-state index in [1.165, 1.54) is 6.08 Å². The zero-order valence-corrected chi connectivity index (χ0v) is 15.9. The number of benzene rings is 1. The van der Waals surface area contributed by atoms with Crippen molar-refractivity contribution in [2.24, 2.45) is 0 Å². The van der Waals surface area contributed by atoms with E-state index in [0.29, 0.717) is 34.7 Å². The Morgan fingerprint density at radius 1 is 1.19 bits per heavy atom. The summed E-state index contributed by atoms with van der Waals surface area (Å²) in [5.41, 5.74) is 2.11. The smallest absolute Gasteiger partial charge is 0.340 e. The van der Waals surface area contributed by atoms with Gasteiger partial charge in [-0.05, 0) is 45.4 Å². The van der Waals surface area contributed by atoms with Crippen LogP contribution in [0.5, 0.6) is 5.75 Å². The zero-order chi connectivity index (χ0) is 20.0. The summed E-state index contributed by atoms with van der Waals surface area (Å²) in [6.45, 7) is 7.64. The first-order valence-corrected chi connectivity index (χ1v) is 8.69. The Kier molecular flexibility index (Phi) is 6.56. The van der Waals surface area contributed by atoms with Crippen molar-refractivity contribution in [1.82, 2.24) is 4.98 Å². The maximum atomic E-state index is 12.9. The van der Waals surface area contributed by atoms with Crippen LogP contribution in [0.15, 0.2) is 29.8 Å². The predicted molar refractivity (Wildman–Crippen MR) is 102 cm³/mol. The van der Waals surface area contributed by atoms with Crippen LogP contribution in [-0.4, -0.2) is 30.0 Å². The molecule has 0 atom stereocenters. The van der Waals surface area contributed by atoms with Crippen molar-refractivity contribution in [3.8, 4) is 11.8 Å². The number of H-pyrrole nitrogens is 1. The van der Waals surface area contributed by atoms with E-state index in [-0.39, 0.29) is 17.9 Å². The van der Waals surface area contributed by atoms with Crippen molar-refractivity contribution in [3.63, 3.8) is 0 Å². The number of rotatable bonds is 7. The monoisotopic (exact) mass is 366 g/mol. The molecule has 1 aromatic carbocycles. The van der Waals surface area contributed by atoms with Gasteiger partial charge in [0.05, 0.1) is 24.5 Å². The molecule has 0 saturated carbocycles. The minimum atomic E-state index is -0.494. The molecule has 0 saturated heterocycles. The van der Waals surface area contributed by atoms with Gasteiger partial charge in [0, 0.05) is 11.3 Å². The molecular weight excluding hydrogens is 344 g/mol. The normalized spacial score (nSPS) is 11.0. The van der Waals surface area contributed by atoms with Crippen molar-refractivity contribution >= 4 is 17.8 Å². The summed E-state index contributed by atoms with van der Waals surface area (Å²) < 4.78 is 10.6. The SMILES string of the molecule is CCOC(=O)c1c(C)[nH]c(C(=O)/C(C#N)=C/c2ccccc2OCC)c1C. The lowest BCUT2D eigenvalue weighted by Gasteiger charge is -2.07. The van der Waals surface area contributed by atoms with E-state index in [1.54, 1.807) is 39.0 Å². The lowest BCUT2D eigenvalue weighted by Crippen LogP contribution is -2.08. The molecule has 1 heterocycles. The van der Waals surface area contributed by atoms with Crippen molar-refractivity contribution in [1.29, 1.82) is 5.26 Å². The quantitative estimate of drug-likeness (QED) is 0.346. The first kappa shape index (κ1) is 20.0. The number of esters is 1. The topological polar surface area (TPSA) is 92.2 Å². The van der Waals surface area contributed by atoms with E-state index in [2.05, 4.69) is 4.98 Å². The van der Waals surface area contributed by atoms with Crippen molar-refractivity contribution in [2.75, 3.05) is 13.2 Å². The molecule has 27 heavy (non-hydrogen) atoms. The van der Waals surface area contributed by atoms with Crippen molar-refractivity contribution < 1.29 is 19.1 Å². The van der Waals surface area contributed by atoms with Crippen molar-refractivity contribution in [2.45, 2.75) is 27.7 Å². The summed E-state index contributed by atoms with van der Waals surface area (Å²) in [6.07, 6.45) is 1.49. The molecule has 6 nitrogen and oxygen atoms in total. The Labute approximate surface area is 158 Å². The van der Waals surface area contributed by atoms with Crippen LogP contribution in [0.1, 0.15) is 51.5 Å². The van der Waals surface area contributed by atoms with Crippen LogP contribution < -0.4 is 4.74 Å². The highest BCUT2D eigenvalue weighted by molar-refractivity contribution is 6.15. The lowest BCUT2D eigenvalue weighted by molar-refractivity contribution is 0.0525. The third-order valence-corrected chi connectivity index (χ3v) is 4.03. The van der Waals surface area contributed by atoms with E-state index in [9.17, 15) is 14.9 Å². The highest BCUT2D eigenvalue weighted by Gasteiger charge is 2.24. The number of Topliss-reactive ketones (excluding diaryl/α,β-unsaturated/α-hetero) is 1. The molecule has 0 aliphatic heterocycles. The van der Waals surface area contributed by atoms with Crippen LogP contribution in [0.25, 0.3) is 6.08 Å². The number of ether oxygens (including phenoxy) is 2. The third-order valence-electron chi connectivity index (χ3n) is 4.03. The van der Waals surface area contributed by atoms with E-state index >= 15 is 0 Å². The maximum Gasteiger partial charge on any atom is 0.340 e. The highest BCUT2D eigenvalue weighted by Crippen LogP contribution is 2.25. The van der Waals surface area contributed by atoms with E-state index in [1.807, 2.05) is 19.1 Å². The van der Waals surface area contributed by atoms with Crippen LogP contribution in [0.4, 0.5) is 0 Å². The molecule has 6 heteroatoms. The van der Waals surface area contributed by atoms with Gasteiger partial charge in [-0.25, -0.2) is 4.79 Å². The number of carbonyl (C=O) groups excluding carboxylic acids is 2. The molecule has 0 spiro atoms. The van der Waals surface area contributed by atoms with Gasteiger partial charge in [0.2, 0.25) is 5.78 Å². The summed E-state index contributed by atoms with van der Waals surface area (Å²) in [4.78, 5) is 27.9. The summed E-state index contributed by atoms with van der Waals surface area (Å²) in [7, 11) is 0. The number of nitrogens with zero attached hydrogens (tertiary/aromatic N) is 1. The second-order valence-corrected chi connectivity index (χ2v) is 5.82. The Hall–Kier alpha value is -3.33. The van der Waals surface area contributed by atoms with Gasteiger partial charge in [-0.1, -0.05) is 18.2 Å². The molecule has 140 valence electrons. The number of allylic oxidation sites excluding steroid dienone is 1. The van der Waals surface area contributed by atoms with Gasteiger partial charge in [0.15, 0.2) is 0 Å². The number of para-hydroxylation sites is 1. The molecule has 0 aliphatic rings. The Morgan fingerprint density at radius 3 is 2.52 bits per heavy atom. The molecular formula is C21H22N2O4. The largest absolute Gasteiger partial charge is 0.493 e. The number of hydrogen-bond donors (Lipinski definition) is 1. The maximum absolute atomic E-state index is 12.9. The molecule has 2 rings (SSSR count). The van der Waals surface area contributed by atoms with Gasteiger partial charge in [-0.3, -0.25) is 4.79 Å². The van der Waals surface area contributed by atoms with Crippen LogP contribution in [0.2, 0.25) is 0 Å². The van der Waals surface area contributed by atoms with Gasteiger partial charge < -0.3 is 14.5 Å². The van der Waals surface area contributed by atoms with Gasteiger partial charge in [0.25, 0.3) is 0 Å². The number of aromatic amines is 1. The average Bonchev–Trinajstić information content (AvgIpc) is 2.95. The number of ketones is 1. The van der Waals surface area contributed by atoms with Crippen LogP contribution in [-0.2, 0) is 4.74 Å². The minimum Gasteiger partial charge on any atom is -0.493 e. The molecule has 0 unspecified atom stereocenters. The fourth-order valence-electron chi connectivity index (χ4n) is 2.81. The fourth-order valence-corrected chi connectivity index (χ4v) is 2.81. The van der Waals surface area contributed by atoms with Gasteiger partial charge >= 0.3 is 5.97 Å². The standard InChI is InChI=1S/C21H22N2O4/c1-5-26-17-10-8-7-9-15(17)11-16(12-22)20(24)19-13(3)18(14(4)23-19)21(25)27-6-2/h7-11,23H,5-6H2,1-4H3/b16-11+. The number of aryl methyl sites for hydroxylation is 1. The number of aromatic nitrogens is 1. The highest BCUT2D eigenvalue weighted by atomic mass is 16.5. The minimum absolute atomic E-state index is 0.0538. The summed E-state index contributed by atoms with van der Waals surface area (Å²) >= 11 is 0. The second kappa shape index (κ2) is 8.86. The number of carbonyl (C=O) groups is 2. The molecule has 0 aliphatic carbocycles. The molecule has 0 fully saturated rings. The second-order valence-electron chi connectivity index (χ2n) is 5.82. The first-order chi connectivity index (χ1) is 12.9. The van der Waals surface area contributed by atoms with Crippen molar-refractivity contribution in [3.05, 3.63) is 57.9 Å². The number of nitriles is 1. The number of nitrogens with one attached hydrogen (secondary N) is 1. The third kappa shape index (κ3) is 4.26. The molecule has 2 aromatic rings. The van der Waals surface area contributed by atoms with Crippen LogP contribution >= 0.6 is 0 Å². The van der Waals surface area contributed by atoms with Crippen LogP contribution in [0.3, 0.4) is 0 Å². The van der Waals surface area contributed by atoms with Crippen LogP contribution in [0, 0.1) is 25.2 Å². The number of hydrogen-bond acceptors (Lipinski definition) is 5. The van der Waals surface area contributed by atoms with Gasteiger partial charge in [0.1, 0.15) is 17.4 Å². The zero-order valence-electron chi connectivity index (χ0n) is 15.9. The summed E-state index contributed by atoms with van der Waals surface area (Å²) in [6, 6.07) is 9.12. The van der Waals surface area contributed by atoms with E-state index in [4.69, 9.17) is 9.47 Å². The molecule has 0 amide bonds. The molecule has 1 aromatic heterocycles. The average molecular weight is 366 g/mol. The Balaban J connectivity index is 2.46. The van der Waals surface area contributed by atoms with Gasteiger partial charge in [-0.15, -0.1) is 0 Å². The van der Waals surface area contributed by atoms with E-state index in [0.717, 1.165) is 0 Å². The molecule has 1 N–H and O–H groups in total. The molecule has 0 bridgehead atoms. The molecule has 0 radical (unpaired) electrons. The Morgan fingerprint density at radius 2 is 1.89 bits per heavy atom. The fraction of sp³-hybridized carbons (Fsp3) is 0.286. The van der Waals surface area contributed by atoms with Gasteiger partial charge in [-0.2, -0.15) is 5.26 Å². The predicted octanol–water partition coefficient (Wildman–Crippen LogP) is 4.00. The summed E-state index contributed by atoms with van der Waals surface area (Å²) in [5, 5.41) is 9.51. The Bertz CT molecular complexity index is 932.